The zero-order valence-electron chi connectivity index (χ0n) is 12.4. The molecule has 0 aromatic carbocycles. The number of hydrogen-bond acceptors (Lipinski definition) is 3. The van der Waals surface area contributed by atoms with Gasteiger partial charge in [-0.2, -0.15) is 0 Å². The van der Waals surface area contributed by atoms with E-state index in [0.29, 0.717) is 31.5 Å². The van der Waals surface area contributed by atoms with Crippen LogP contribution in [0.15, 0.2) is 0 Å². The number of ether oxygens (including phenoxy) is 1. The Kier molecular flexibility index (Phi) is 5.02. The lowest BCUT2D eigenvalue weighted by molar-refractivity contribution is -0.149. The van der Waals surface area contributed by atoms with Crippen LogP contribution in [0.5, 0.6) is 0 Å². The van der Waals surface area contributed by atoms with Gasteiger partial charge in [-0.25, -0.2) is 0 Å². The van der Waals surface area contributed by atoms with Crippen molar-refractivity contribution in [3.8, 4) is 0 Å². The summed E-state index contributed by atoms with van der Waals surface area (Å²) in [5.41, 5.74) is 0. The minimum Gasteiger partial charge on any atom is -0.481 e. The number of amides is 1. The maximum absolute atomic E-state index is 12.7. The second-order valence-corrected chi connectivity index (χ2v) is 6.05. The summed E-state index contributed by atoms with van der Waals surface area (Å²) in [5, 5.41) is 9.36. The number of carbonyl (C=O) groups is 2. The van der Waals surface area contributed by atoms with E-state index in [0.717, 1.165) is 25.7 Å². The van der Waals surface area contributed by atoms with Crippen LogP contribution in [0.1, 0.15) is 39.0 Å². The quantitative estimate of drug-likeness (QED) is 0.773. The molecule has 5 nitrogen and oxygen atoms in total. The molecule has 0 saturated heterocycles. The number of carboxylic acids is 1. The number of rotatable bonds is 7. The van der Waals surface area contributed by atoms with Crippen molar-refractivity contribution in [2.24, 2.45) is 17.8 Å². The molecular weight excluding hydrogens is 258 g/mol. The smallest absolute Gasteiger partial charge is 0.307 e. The van der Waals surface area contributed by atoms with Crippen LogP contribution >= 0.6 is 0 Å². The third kappa shape index (κ3) is 3.32. The lowest BCUT2D eigenvalue weighted by Crippen LogP contribution is -2.42. The average molecular weight is 283 g/mol. The average Bonchev–Trinajstić information content (AvgIpc) is 3.16. The molecule has 20 heavy (non-hydrogen) atoms. The van der Waals surface area contributed by atoms with E-state index in [1.807, 2.05) is 4.90 Å². The molecule has 0 aromatic heterocycles. The van der Waals surface area contributed by atoms with Crippen LogP contribution in [-0.2, 0) is 14.3 Å². The van der Waals surface area contributed by atoms with E-state index in [4.69, 9.17) is 4.74 Å². The van der Waals surface area contributed by atoms with Crippen molar-refractivity contribution in [1.29, 1.82) is 0 Å². The Balaban J connectivity index is 2.06. The summed E-state index contributed by atoms with van der Waals surface area (Å²) in [5.74, 6) is -1.26. The fraction of sp³-hybridized carbons (Fsp3) is 0.867. The second-order valence-electron chi connectivity index (χ2n) is 6.05. The molecule has 0 radical (unpaired) electrons. The summed E-state index contributed by atoms with van der Waals surface area (Å²) in [7, 11) is 1.62. The highest BCUT2D eigenvalue weighted by Gasteiger charge is 2.45. The third-order valence-electron chi connectivity index (χ3n) is 4.68. The van der Waals surface area contributed by atoms with Crippen LogP contribution in [0.3, 0.4) is 0 Å². The van der Waals surface area contributed by atoms with E-state index in [1.165, 1.54) is 0 Å². The predicted octanol–water partition coefficient (Wildman–Crippen LogP) is 1.76. The molecule has 5 heteroatoms. The second kappa shape index (κ2) is 6.57. The zero-order chi connectivity index (χ0) is 14.7. The summed E-state index contributed by atoms with van der Waals surface area (Å²) in [6.07, 6.45) is 4.40. The lowest BCUT2D eigenvalue weighted by atomic mass is 9.94. The number of methoxy groups -OCH3 is 1. The molecule has 0 aromatic rings. The Morgan fingerprint density at radius 2 is 1.90 bits per heavy atom. The van der Waals surface area contributed by atoms with Gasteiger partial charge in [-0.3, -0.25) is 9.59 Å². The summed E-state index contributed by atoms with van der Waals surface area (Å²) in [6, 6.07) is 0.313. The normalized spacial score (nSPS) is 29.4. The summed E-state index contributed by atoms with van der Waals surface area (Å²) in [4.78, 5) is 26.0. The van der Waals surface area contributed by atoms with Crippen molar-refractivity contribution in [1.82, 2.24) is 4.90 Å². The molecule has 2 fully saturated rings. The van der Waals surface area contributed by atoms with Crippen molar-refractivity contribution < 1.29 is 19.4 Å². The fourth-order valence-corrected chi connectivity index (χ4v) is 3.28. The third-order valence-corrected chi connectivity index (χ3v) is 4.68. The summed E-state index contributed by atoms with van der Waals surface area (Å²) in [6.45, 7) is 3.17. The SMILES string of the molecule is CCC1CC(C(=O)O)C(C(=O)N(CCOC)C2CC2)C1. The Morgan fingerprint density at radius 1 is 1.25 bits per heavy atom. The van der Waals surface area contributed by atoms with Crippen LogP contribution in [0.2, 0.25) is 0 Å². The molecule has 3 unspecified atom stereocenters. The Bertz CT molecular complexity index is 367. The van der Waals surface area contributed by atoms with E-state index < -0.39 is 11.9 Å². The molecule has 0 aliphatic heterocycles. The number of hydrogen-bond donors (Lipinski definition) is 1. The topological polar surface area (TPSA) is 66.8 Å². The molecule has 2 aliphatic rings. The Labute approximate surface area is 120 Å². The van der Waals surface area contributed by atoms with Gasteiger partial charge in [0.2, 0.25) is 5.91 Å². The standard InChI is InChI=1S/C15H25NO4/c1-3-10-8-12(13(9-10)15(18)19)14(17)16(6-7-20-2)11-4-5-11/h10-13H,3-9H2,1-2H3,(H,18,19). The van der Waals surface area contributed by atoms with Crippen LogP contribution in [0.4, 0.5) is 0 Å². The van der Waals surface area contributed by atoms with Crippen LogP contribution in [0, 0.1) is 17.8 Å². The molecule has 2 saturated carbocycles. The highest BCUT2D eigenvalue weighted by Crippen LogP contribution is 2.41. The van der Waals surface area contributed by atoms with Crippen molar-refractivity contribution in [2.45, 2.75) is 45.1 Å². The van der Waals surface area contributed by atoms with Gasteiger partial charge in [-0.05, 0) is 31.6 Å². The van der Waals surface area contributed by atoms with E-state index in [-0.39, 0.29) is 11.8 Å². The van der Waals surface area contributed by atoms with Crippen molar-refractivity contribution in [3.05, 3.63) is 0 Å². The molecule has 2 aliphatic carbocycles. The van der Waals surface area contributed by atoms with Gasteiger partial charge in [0.1, 0.15) is 0 Å². The maximum Gasteiger partial charge on any atom is 0.307 e. The molecule has 3 atom stereocenters. The highest BCUT2D eigenvalue weighted by molar-refractivity contribution is 5.85. The van der Waals surface area contributed by atoms with Crippen molar-refractivity contribution in [3.63, 3.8) is 0 Å². The Hall–Kier alpha value is -1.10. The van der Waals surface area contributed by atoms with Crippen LogP contribution < -0.4 is 0 Å². The van der Waals surface area contributed by atoms with E-state index >= 15 is 0 Å². The summed E-state index contributed by atoms with van der Waals surface area (Å²) >= 11 is 0. The van der Waals surface area contributed by atoms with E-state index in [1.54, 1.807) is 7.11 Å². The van der Waals surface area contributed by atoms with Gasteiger partial charge in [0.05, 0.1) is 18.4 Å². The highest BCUT2D eigenvalue weighted by atomic mass is 16.5. The minimum absolute atomic E-state index is 0.0351. The van der Waals surface area contributed by atoms with E-state index in [9.17, 15) is 14.7 Å². The number of nitrogens with zero attached hydrogens (tertiary/aromatic N) is 1. The molecule has 114 valence electrons. The molecule has 2 rings (SSSR count). The van der Waals surface area contributed by atoms with Gasteiger partial charge in [-0.15, -0.1) is 0 Å². The first-order valence-electron chi connectivity index (χ1n) is 7.60. The maximum atomic E-state index is 12.7. The van der Waals surface area contributed by atoms with Gasteiger partial charge in [0, 0.05) is 19.7 Å². The van der Waals surface area contributed by atoms with Gasteiger partial charge >= 0.3 is 5.97 Å². The molecular formula is C15H25NO4. The van der Waals surface area contributed by atoms with Crippen molar-refractivity contribution >= 4 is 11.9 Å². The zero-order valence-corrected chi connectivity index (χ0v) is 12.4. The minimum atomic E-state index is -0.818. The first kappa shape index (κ1) is 15.3. The number of aliphatic carboxylic acids is 1. The lowest BCUT2D eigenvalue weighted by Gasteiger charge is -2.27. The van der Waals surface area contributed by atoms with Gasteiger partial charge in [-0.1, -0.05) is 13.3 Å². The first-order valence-corrected chi connectivity index (χ1v) is 7.60. The van der Waals surface area contributed by atoms with Gasteiger partial charge in [0.25, 0.3) is 0 Å². The largest absolute Gasteiger partial charge is 0.481 e. The van der Waals surface area contributed by atoms with Crippen LogP contribution in [0.25, 0.3) is 0 Å². The van der Waals surface area contributed by atoms with Crippen LogP contribution in [-0.4, -0.2) is 48.2 Å². The molecule has 0 spiro atoms. The molecule has 0 heterocycles. The first-order chi connectivity index (χ1) is 9.58. The monoisotopic (exact) mass is 283 g/mol. The predicted molar refractivity (Wildman–Crippen MR) is 74.2 cm³/mol. The fourth-order valence-electron chi connectivity index (χ4n) is 3.28. The van der Waals surface area contributed by atoms with Gasteiger partial charge < -0.3 is 14.7 Å². The molecule has 1 N–H and O–H groups in total. The summed E-state index contributed by atoms with van der Waals surface area (Å²) < 4.78 is 5.07. The van der Waals surface area contributed by atoms with E-state index in [2.05, 4.69) is 6.92 Å². The van der Waals surface area contributed by atoms with Crippen molar-refractivity contribution in [2.75, 3.05) is 20.3 Å². The van der Waals surface area contributed by atoms with Gasteiger partial charge in [0.15, 0.2) is 0 Å². The Morgan fingerprint density at radius 3 is 2.40 bits per heavy atom. The number of carbonyl (C=O) groups excluding carboxylic acids is 1. The molecule has 0 bridgehead atoms. The number of carboxylic acid groups (broad SMARTS) is 1. The molecule has 1 amide bonds.